The van der Waals surface area contributed by atoms with E-state index in [1.54, 1.807) is 6.92 Å². The number of benzene rings is 2. The molecule has 196 valence electrons. The molecule has 0 N–H and O–H groups in total. The van der Waals surface area contributed by atoms with Gasteiger partial charge in [-0.05, 0) is 36.8 Å². The summed E-state index contributed by atoms with van der Waals surface area (Å²) in [6.07, 6.45) is -3.96. The Bertz CT molecular complexity index is 1360. The molecule has 3 aromatic rings. The van der Waals surface area contributed by atoms with Gasteiger partial charge in [-0.1, -0.05) is 30.1 Å². The molecular weight excluding hydrogens is 563 g/mol. The average molecular weight is 579 g/mol. The molecule has 9 nitrogen and oxygen atoms in total. The number of rotatable bonds is 9. The molecule has 0 amide bonds. The van der Waals surface area contributed by atoms with E-state index in [2.05, 4.69) is 4.98 Å². The summed E-state index contributed by atoms with van der Waals surface area (Å²) in [5.74, 6) is -1.30. The Hall–Kier alpha value is -3.18. The van der Waals surface area contributed by atoms with Crippen LogP contribution in [0.15, 0.2) is 48.7 Å². The van der Waals surface area contributed by atoms with Crippen molar-refractivity contribution < 1.29 is 41.5 Å². The van der Waals surface area contributed by atoms with Crippen LogP contribution in [0.25, 0.3) is 0 Å². The van der Waals surface area contributed by atoms with Gasteiger partial charge in [0.2, 0.25) is 13.9 Å². The highest BCUT2D eigenvalue weighted by atomic mass is 35.5. The number of carbonyl (C=O) groups excluding carboxylic acids is 1. The van der Waals surface area contributed by atoms with Crippen LogP contribution in [0.4, 0.5) is 18.9 Å². The van der Waals surface area contributed by atoms with Crippen molar-refractivity contribution in [2.75, 3.05) is 6.79 Å². The van der Waals surface area contributed by atoms with Crippen molar-refractivity contribution in [1.82, 2.24) is 4.98 Å². The Kier molecular flexibility index (Phi) is 9.14. The van der Waals surface area contributed by atoms with Gasteiger partial charge in [-0.3, -0.25) is 19.2 Å². The van der Waals surface area contributed by atoms with E-state index in [0.29, 0.717) is 17.3 Å². The van der Waals surface area contributed by atoms with E-state index < -0.39 is 54.0 Å². The minimum atomic E-state index is -4.68. The van der Waals surface area contributed by atoms with Crippen LogP contribution in [0.5, 0.6) is 11.6 Å². The number of aryl methyl sites for hydroxylation is 1. The molecule has 0 aliphatic carbocycles. The summed E-state index contributed by atoms with van der Waals surface area (Å²) in [6, 6.07) is 8.46. The van der Waals surface area contributed by atoms with Crippen LogP contribution in [0, 0.1) is 10.1 Å². The van der Waals surface area contributed by atoms with Crippen molar-refractivity contribution in [2.45, 2.75) is 19.5 Å². The fourth-order valence-corrected chi connectivity index (χ4v) is 4.21. The van der Waals surface area contributed by atoms with Crippen molar-refractivity contribution in [2.24, 2.45) is 0 Å². The van der Waals surface area contributed by atoms with Crippen LogP contribution >= 0.6 is 31.2 Å². The predicted octanol–water partition coefficient (Wildman–Crippen LogP) is 6.60. The first-order valence-corrected chi connectivity index (χ1v) is 12.3. The summed E-state index contributed by atoms with van der Waals surface area (Å²) in [7, 11) is -3.37. The molecular formula is C22H16Cl2F3N2O7P. The van der Waals surface area contributed by atoms with Crippen LogP contribution in [0.1, 0.15) is 28.4 Å². The predicted molar refractivity (Wildman–Crippen MR) is 128 cm³/mol. The number of ether oxygens (including phenoxy) is 2. The maximum absolute atomic E-state index is 12.9. The van der Waals surface area contributed by atoms with Gasteiger partial charge < -0.3 is 9.47 Å². The summed E-state index contributed by atoms with van der Waals surface area (Å²) < 4.78 is 66.9. The maximum Gasteiger partial charge on any atom is 0.417 e. The smallest absolute Gasteiger partial charge is 0.417 e. The lowest BCUT2D eigenvalue weighted by molar-refractivity contribution is -0.383. The van der Waals surface area contributed by atoms with E-state index in [9.17, 15) is 32.6 Å². The summed E-state index contributed by atoms with van der Waals surface area (Å²) in [4.78, 5) is 26.4. The average Bonchev–Trinajstić information content (AvgIpc) is 2.84. The number of nitro groups is 1. The molecule has 15 heteroatoms. The number of esters is 1. The molecule has 1 aromatic heterocycles. The number of nitro benzene ring substituents is 1. The quantitative estimate of drug-likeness (QED) is 0.0915. The summed E-state index contributed by atoms with van der Waals surface area (Å²) in [6.45, 7) is 0.859. The van der Waals surface area contributed by atoms with E-state index >= 15 is 0 Å². The number of hydrogen-bond donors (Lipinski definition) is 0. The zero-order chi connectivity index (χ0) is 27.3. The molecule has 3 rings (SSSR count). The third kappa shape index (κ3) is 7.20. The number of aromatic nitrogens is 1. The topological polar surface area (TPSA) is 118 Å². The van der Waals surface area contributed by atoms with Crippen molar-refractivity contribution in [3.63, 3.8) is 0 Å². The molecule has 0 saturated heterocycles. The van der Waals surface area contributed by atoms with Crippen molar-refractivity contribution in [3.8, 4) is 11.6 Å². The second kappa shape index (κ2) is 11.9. The van der Waals surface area contributed by atoms with Crippen LogP contribution < -0.4 is 10.0 Å². The number of nitrogens with zero attached hydrogens (tertiary/aromatic N) is 2. The molecule has 0 spiro atoms. The second-order valence-electron chi connectivity index (χ2n) is 7.19. The monoisotopic (exact) mass is 578 g/mol. The number of carbonyl (C=O) groups is 1. The molecule has 0 aliphatic rings. The molecule has 0 aliphatic heterocycles. The normalized spacial score (nSPS) is 12.2. The Morgan fingerprint density at radius 3 is 2.41 bits per heavy atom. The largest absolute Gasteiger partial charge is 0.437 e. The molecule has 1 atom stereocenters. The van der Waals surface area contributed by atoms with Gasteiger partial charge in [-0.25, -0.2) is 9.78 Å². The van der Waals surface area contributed by atoms with Gasteiger partial charge in [0.25, 0.3) is 5.69 Å². The van der Waals surface area contributed by atoms with Crippen molar-refractivity contribution in [3.05, 3.63) is 85.5 Å². The first kappa shape index (κ1) is 28.4. The number of alkyl halides is 3. The molecule has 0 saturated carbocycles. The Morgan fingerprint density at radius 1 is 1.16 bits per heavy atom. The standard InChI is InChI=1S/C22H16Cl2F3N2O7P/c1-2-12-7-17(29(31)32)19(37(33)35-11-34-21(30)13-3-5-15(23)6-4-13)9-18(12)36-20-16(24)8-14(10-28-20)22(25,26)27/h3-10,37H,2,11H2,1H3. The molecule has 37 heavy (non-hydrogen) atoms. The SMILES string of the molecule is CCc1cc([N+](=O)[O-])c([PH](=O)OCOC(=O)c2ccc(Cl)cc2)cc1Oc1ncc(C(F)(F)F)cc1Cl. The first-order chi connectivity index (χ1) is 17.4. The summed E-state index contributed by atoms with van der Waals surface area (Å²) >= 11 is 11.6. The molecule has 1 heterocycles. The van der Waals surface area contributed by atoms with Gasteiger partial charge in [-0.15, -0.1) is 0 Å². The van der Waals surface area contributed by atoms with E-state index in [0.717, 1.165) is 12.1 Å². The fraction of sp³-hybridized carbons (Fsp3) is 0.182. The van der Waals surface area contributed by atoms with Gasteiger partial charge in [0.15, 0.2) is 6.79 Å². The molecule has 0 radical (unpaired) electrons. The summed E-state index contributed by atoms with van der Waals surface area (Å²) in [5.41, 5.74) is -1.25. The highest BCUT2D eigenvalue weighted by molar-refractivity contribution is 7.48. The zero-order valence-corrected chi connectivity index (χ0v) is 21.2. The van der Waals surface area contributed by atoms with Crippen LogP contribution in [-0.2, 0) is 26.4 Å². The lowest BCUT2D eigenvalue weighted by Gasteiger charge is -2.14. The van der Waals surface area contributed by atoms with Crippen LogP contribution in [0.2, 0.25) is 10.0 Å². The van der Waals surface area contributed by atoms with Crippen LogP contribution in [0.3, 0.4) is 0 Å². The molecule has 2 aromatic carbocycles. The van der Waals surface area contributed by atoms with Crippen molar-refractivity contribution in [1.29, 1.82) is 0 Å². The van der Waals surface area contributed by atoms with Crippen LogP contribution in [-0.4, -0.2) is 22.7 Å². The zero-order valence-electron chi connectivity index (χ0n) is 18.7. The Balaban J connectivity index is 1.83. The van der Waals surface area contributed by atoms with Crippen molar-refractivity contribution >= 4 is 48.2 Å². The minimum Gasteiger partial charge on any atom is -0.437 e. The highest BCUT2D eigenvalue weighted by Crippen LogP contribution is 2.38. The van der Waals surface area contributed by atoms with E-state index in [-0.39, 0.29) is 28.6 Å². The lowest BCUT2D eigenvalue weighted by Crippen LogP contribution is -2.12. The third-order valence-corrected chi connectivity index (χ3v) is 6.52. The number of halogens is 5. The van der Waals surface area contributed by atoms with Gasteiger partial charge in [0.1, 0.15) is 16.1 Å². The van der Waals surface area contributed by atoms with E-state index in [4.69, 9.17) is 37.2 Å². The molecule has 1 unspecified atom stereocenters. The van der Waals surface area contributed by atoms with Gasteiger partial charge in [-0.2, -0.15) is 13.2 Å². The highest BCUT2D eigenvalue weighted by Gasteiger charge is 2.32. The van der Waals surface area contributed by atoms with Gasteiger partial charge >= 0.3 is 12.1 Å². The molecule has 0 fully saturated rings. The molecule has 0 bridgehead atoms. The summed E-state index contributed by atoms with van der Waals surface area (Å²) in [5, 5.41) is 11.1. The van der Waals surface area contributed by atoms with Gasteiger partial charge in [0, 0.05) is 28.9 Å². The Morgan fingerprint density at radius 2 is 1.84 bits per heavy atom. The Labute approximate surface area is 218 Å². The minimum absolute atomic E-state index is 0.0858. The number of hydrogen-bond acceptors (Lipinski definition) is 8. The number of pyridine rings is 1. The van der Waals surface area contributed by atoms with E-state index in [1.165, 1.54) is 24.3 Å². The first-order valence-electron chi connectivity index (χ1n) is 10.2. The third-order valence-electron chi connectivity index (χ3n) is 4.78. The lowest BCUT2D eigenvalue weighted by atomic mass is 10.1. The fourth-order valence-electron chi connectivity index (χ4n) is 2.94. The maximum atomic E-state index is 12.9. The van der Waals surface area contributed by atoms with Gasteiger partial charge in [0.05, 0.1) is 16.1 Å². The van der Waals surface area contributed by atoms with E-state index in [1.807, 2.05) is 0 Å². The second-order valence-corrected chi connectivity index (χ2v) is 9.43.